The van der Waals surface area contributed by atoms with E-state index in [4.69, 9.17) is 10.7 Å². The summed E-state index contributed by atoms with van der Waals surface area (Å²) < 4.78 is 2.14. The Hall–Kier alpha value is -3.45. The smallest absolute Gasteiger partial charge is 0.229 e. The van der Waals surface area contributed by atoms with Crippen LogP contribution >= 0.6 is 0 Å². The molecule has 0 bridgehead atoms. The number of aromatic nitrogens is 4. The normalized spacial score (nSPS) is 17.5. The Labute approximate surface area is 193 Å². The Kier molecular flexibility index (Phi) is 4.99. The number of nitrogens with one attached hydrogen (secondary N) is 1. The number of hydrogen-bond acceptors (Lipinski definition) is 6. The van der Waals surface area contributed by atoms with Crippen LogP contribution < -0.4 is 11.1 Å². The number of piperidine rings is 1. The van der Waals surface area contributed by atoms with Crippen LogP contribution in [0.5, 0.6) is 0 Å². The van der Waals surface area contributed by atoms with E-state index in [9.17, 15) is 0 Å². The van der Waals surface area contributed by atoms with Gasteiger partial charge >= 0.3 is 0 Å². The van der Waals surface area contributed by atoms with Crippen molar-refractivity contribution in [3.8, 4) is 5.82 Å². The highest BCUT2D eigenvalue weighted by Crippen LogP contribution is 2.43. The predicted molar refractivity (Wildman–Crippen MR) is 132 cm³/mol. The van der Waals surface area contributed by atoms with Gasteiger partial charge in [-0.2, -0.15) is 4.98 Å². The first-order valence-corrected chi connectivity index (χ1v) is 11.8. The van der Waals surface area contributed by atoms with Crippen LogP contribution in [0.2, 0.25) is 0 Å². The Morgan fingerprint density at radius 1 is 0.939 bits per heavy atom. The third-order valence-corrected chi connectivity index (χ3v) is 6.91. The van der Waals surface area contributed by atoms with E-state index in [-0.39, 0.29) is 0 Å². The van der Waals surface area contributed by atoms with Crippen molar-refractivity contribution in [2.45, 2.75) is 37.5 Å². The first-order chi connectivity index (χ1) is 16.1. The van der Waals surface area contributed by atoms with E-state index < -0.39 is 0 Å². The molecule has 7 heteroatoms. The maximum atomic E-state index is 5.98. The molecule has 168 valence electrons. The van der Waals surface area contributed by atoms with Gasteiger partial charge in [0.25, 0.3) is 0 Å². The van der Waals surface area contributed by atoms with Crippen molar-refractivity contribution in [3.63, 3.8) is 0 Å². The van der Waals surface area contributed by atoms with Gasteiger partial charge in [-0.15, -0.1) is 0 Å². The lowest BCUT2D eigenvalue weighted by Crippen LogP contribution is -2.29. The van der Waals surface area contributed by atoms with E-state index in [0.29, 0.717) is 23.6 Å². The maximum absolute atomic E-state index is 5.98. The highest BCUT2D eigenvalue weighted by atomic mass is 15.2. The average Bonchev–Trinajstić information content (AvgIpc) is 3.60. The van der Waals surface area contributed by atoms with Crippen molar-refractivity contribution >= 4 is 28.5 Å². The minimum atomic E-state index is 0.508. The van der Waals surface area contributed by atoms with Gasteiger partial charge in [0.1, 0.15) is 11.6 Å². The zero-order valence-electron chi connectivity index (χ0n) is 18.9. The fraction of sp³-hybridized carbons (Fsp3) is 0.346. The van der Waals surface area contributed by atoms with Crippen LogP contribution in [-0.4, -0.2) is 44.6 Å². The summed E-state index contributed by atoms with van der Waals surface area (Å²) in [5.41, 5.74) is 10.5. The number of likely N-dealkylation sites (tertiary alicyclic amines) is 1. The molecule has 0 atom stereocenters. The monoisotopic (exact) mass is 439 g/mol. The van der Waals surface area contributed by atoms with Crippen molar-refractivity contribution in [2.75, 3.05) is 31.2 Å². The van der Waals surface area contributed by atoms with Crippen LogP contribution in [0.15, 0.2) is 54.7 Å². The number of anilines is 3. The minimum absolute atomic E-state index is 0.508. The number of nitrogens with two attached hydrogens (primary N) is 1. The molecular formula is C26H29N7. The number of fused-ring (bicyclic) bond motifs is 1. The topological polar surface area (TPSA) is 84.9 Å². The van der Waals surface area contributed by atoms with Crippen LogP contribution in [0.1, 0.15) is 48.8 Å². The molecule has 0 spiro atoms. The number of rotatable bonds is 5. The number of hydrogen-bond donors (Lipinski definition) is 2. The summed E-state index contributed by atoms with van der Waals surface area (Å²) in [5.74, 6) is 3.09. The average molecular weight is 440 g/mol. The largest absolute Gasteiger partial charge is 0.384 e. The molecule has 0 unspecified atom stereocenters. The van der Waals surface area contributed by atoms with Gasteiger partial charge in [0.15, 0.2) is 5.65 Å². The van der Waals surface area contributed by atoms with Gasteiger partial charge in [0.05, 0.1) is 0 Å². The van der Waals surface area contributed by atoms with E-state index in [0.717, 1.165) is 22.5 Å². The number of pyridine rings is 1. The van der Waals surface area contributed by atoms with Crippen molar-refractivity contribution in [1.82, 2.24) is 24.4 Å². The van der Waals surface area contributed by atoms with Crippen LogP contribution in [0.4, 0.5) is 17.5 Å². The lowest BCUT2D eigenvalue weighted by Gasteiger charge is -2.29. The van der Waals surface area contributed by atoms with Gasteiger partial charge in [0, 0.05) is 23.0 Å². The van der Waals surface area contributed by atoms with Crippen molar-refractivity contribution in [2.24, 2.45) is 0 Å². The second-order valence-electron chi connectivity index (χ2n) is 9.40. The minimum Gasteiger partial charge on any atom is -0.384 e. The molecule has 0 radical (unpaired) electrons. The van der Waals surface area contributed by atoms with E-state index >= 15 is 0 Å². The zero-order chi connectivity index (χ0) is 22.4. The van der Waals surface area contributed by atoms with Crippen LogP contribution in [0, 0.1) is 0 Å². The molecular weight excluding hydrogens is 410 g/mol. The summed E-state index contributed by atoms with van der Waals surface area (Å²) in [4.78, 5) is 16.4. The SMILES string of the molecule is CN1CCC(c2ccc(Nc3ncc4cc(C5CC5)n(-c5cccc(N)n5)c4n3)cc2)CC1. The molecule has 3 aromatic heterocycles. The highest BCUT2D eigenvalue weighted by molar-refractivity contribution is 5.80. The standard InChI is InChI=1S/C26H29N7/c1-32-13-11-18(12-14-32)17-7-9-21(10-8-17)29-26-28-16-20-15-22(19-5-6-19)33(25(20)31-26)24-4-2-3-23(27)30-24/h2-4,7-10,15-16,18-19H,5-6,11-14H2,1H3,(H2,27,30)(H,28,29,31). The van der Waals surface area contributed by atoms with Crippen molar-refractivity contribution in [3.05, 3.63) is 66.0 Å². The second-order valence-corrected chi connectivity index (χ2v) is 9.40. The second kappa shape index (κ2) is 8.15. The van der Waals surface area contributed by atoms with E-state index in [1.54, 1.807) is 0 Å². The zero-order valence-corrected chi connectivity index (χ0v) is 18.9. The Balaban J connectivity index is 1.29. The van der Waals surface area contributed by atoms with Crippen LogP contribution in [-0.2, 0) is 0 Å². The number of nitrogens with zero attached hydrogens (tertiary/aromatic N) is 5. The molecule has 2 fully saturated rings. The van der Waals surface area contributed by atoms with E-state index in [2.05, 4.69) is 62.1 Å². The number of benzene rings is 1. The molecule has 33 heavy (non-hydrogen) atoms. The molecule has 4 heterocycles. The van der Waals surface area contributed by atoms with Crippen LogP contribution in [0.25, 0.3) is 16.9 Å². The summed E-state index contributed by atoms with van der Waals surface area (Å²) in [6.45, 7) is 2.34. The highest BCUT2D eigenvalue weighted by Gasteiger charge is 2.29. The predicted octanol–water partition coefficient (Wildman–Crippen LogP) is 4.83. The third kappa shape index (κ3) is 4.04. The Morgan fingerprint density at radius 3 is 2.45 bits per heavy atom. The molecule has 7 nitrogen and oxygen atoms in total. The summed E-state index contributed by atoms with van der Waals surface area (Å²) in [6, 6.07) is 16.7. The van der Waals surface area contributed by atoms with Crippen LogP contribution in [0.3, 0.4) is 0 Å². The molecule has 0 amide bonds. The molecule has 1 saturated carbocycles. The van der Waals surface area contributed by atoms with Crippen molar-refractivity contribution < 1.29 is 0 Å². The summed E-state index contributed by atoms with van der Waals surface area (Å²) in [6.07, 6.45) is 6.73. The molecule has 1 aromatic carbocycles. The van der Waals surface area contributed by atoms with E-state index in [1.807, 2.05) is 24.4 Å². The fourth-order valence-corrected chi connectivity index (χ4v) is 4.86. The molecule has 2 aliphatic rings. The molecule has 1 aliphatic carbocycles. The first kappa shape index (κ1) is 20.2. The molecule has 6 rings (SSSR count). The lowest BCUT2D eigenvalue weighted by molar-refractivity contribution is 0.255. The van der Waals surface area contributed by atoms with Gasteiger partial charge in [-0.25, -0.2) is 9.97 Å². The van der Waals surface area contributed by atoms with Gasteiger partial charge in [0.2, 0.25) is 5.95 Å². The summed E-state index contributed by atoms with van der Waals surface area (Å²) in [7, 11) is 2.20. The molecule has 1 aliphatic heterocycles. The van der Waals surface area contributed by atoms with Gasteiger partial charge < -0.3 is 16.0 Å². The van der Waals surface area contributed by atoms with Gasteiger partial charge in [-0.3, -0.25) is 4.57 Å². The maximum Gasteiger partial charge on any atom is 0.229 e. The Bertz CT molecular complexity index is 1280. The molecule has 3 N–H and O–H groups in total. The molecule has 1 saturated heterocycles. The number of nitrogen functional groups attached to an aromatic ring is 1. The van der Waals surface area contributed by atoms with Crippen molar-refractivity contribution in [1.29, 1.82) is 0 Å². The quantitative estimate of drug-likeness (QED) is 0.463. The van der Waals surface area contributed by atoms with Gasteiger partial charge in [-0.1, -0.05) is 18.2 Å². The van der Waals surface area contributed by atoms with Gasteiger partial charge in [-0.05, 0) is 93.6 Å². The molecule has 4 aromatic rings. The van der Waals surface area contributed by atoms with E-state index in [1.165, 1.54) is 50.0 Å². The third-order valence-electron chi connectivity index (χ3n) is 6.91. The fourth-order valence-electron chi connectivity index (χ4n) is 4.86. The summed E-state index contributed by atoms with van der Waals surface area (Å²) >= 11 is 0. The lowest BCUT2D eigenvalue weighted by atomic mass is 9.89. The Morgan fingerprint density at radius 2 is 1.73 bits per heavy atom. The summed E-state index contributed by atoms with van der Waals surface area (Å²) in [5, 5.41) is 4.41. The first-order valence-electron chi connectivity index (χ1n) is 11.8.